The molecule has 1 amide bonds. The number of nitrogens with zero attached hydrogens (tertiary/aromatic N) is 1. The lowest BCUT2D eigenvalue weighted by molar-refractivity contribution is 0.102. The average molecular weight is 440 g/mol. The molecule has 3 aromatic rings. The lowest BCUT2D eigenvalue weighted by atomic mass is 10.0. The molecule has 0 fully saturated rings. The van der Waals surface area contributed by atoms with Gasteiger partial charge < -0.3 is 10.1 Å². The van der Waals surface area contributed by atoms with Gasteiger partial charge in [0, 0.05) is 6.54 Å². The number of halogens is 1. The summed E-state index contributed by atoms with van der Waals surface area (Å²) in [4.78, 5) is 12.6. The third-order valence-electron chi connectivity index (χ3n) is 5.19. The molecule has 31 heavy (non-hydrogen) atoms. The molecule has 0 saturated heterocycles. The zero-order valence-electron chi connectivity index (χ0n) is 16.8. The van der Waals surface area contributed by atoms with Crippen molar-refractivity contribution in [1.82, 2.24) is 0 Å². The quantitative estimate of drug-likeness (QED) is 0.644. The molecule has 0 aliphatic carbocycles. The molecule has 0 radical (unpaired) electrons. The van der Waals surface area contributed by atoms with E-state index in [1.54, 1.807) is 18.2 Å². The summed E-state index contributed by atoms with van der Waals surface area (Å²) < 4.78 is 47.5. The second-order valence-corrected chi connectivity index (χ2v) is 8.97. The van der Waals surface area contributed by atoms with Crippen LogP contribution < -0.4 is 14.4 Å². The maximum atomic E-state index is 14.0. The highest BCUT2D eigenvalue weighted by atomic mass is 32.2. The number of ether oxygens (including phenoxy) is 1. The number of sulfonamides is 1. The average Bonchev–Trinajstić information content (AvgIpc) is 2.78. The Kier molecular flexibility index (Phi) is 5.65. The number of carbonyl (C=O) groups excluding carboxylic acids is 1. The van der Waals surface area contributed by atoms with Crippen molar-refractivity contribution in [2.75, 3.05) is 23.3 Å². The van der Waals surface area contributed by atoms with Crippen LogP contribution in [0.4, 0.5) is 15.8 Å². The minimum Gasteiger partial charge on any atom is -0.495 e. The SMILES string of the molecule is COc1ccc(S(=O)(=O)N2CCCc3ccccc32)cc1NC(=O)c1ccccc1F. The van der Waals surface area contributed by atoms with Gasteiger partial charge in [0.15, 0.2) is 0 Å². The molecular weight excluding hydrogens is 419 g/mol. The smallest absolute Gasteiger partial charge is 0.264 e. The van der Waals surface area contributed by atoms with Crippen molar-refractivity contribution >= 4 is 27.3 Å². The normalized spacial score (nSPS) is 13.4. The first-order valence-electron chi connectivity index (χ1n) is 9.76. The van der Waals surface area contributed by atoms with Crippen LogP contribution in [-0.2, 0) is 16.4 Å². The summed E-state index contributed by atoms with van der Waals surface area (Å²) in [5, 5.41) is 2.57. The topological polar surface area (TPSA) is 75.7 Å². The standard InChI is InChI=1S/C23H21FN2O4S/c1-30-22-13-12-17(15-20(22)25-23(27)18-9-3-4-10-19(18)24)31(28,29)26-14-6-8-16-7-2-5-11-21(16)26/h2-5,7,9-13,15H,6,8,14H2,1H3,(H,25,27). The molecule has 8 heteroatoms. The van der Waals surface area contributed by atoms with Crippen LogP contribution in [0.3, 0.4) is 0 Å². The third-order valence-corrected chi connectivity index (χ3v) is 7.00. The number of carbonyl (C=O) groups is 1. The number of rotatable bonds is 5. The van der Waals surface area contributed by atoms with Gasteiger partial charge in [-0.25, -0.2) is 12.8 Å². The van der Waals surface area contributed by atoms with Crippen LogP contribution in [0.2, 0.25) is 0 Å². The van der Waals surface area contributed by atoms with Gasteiger partial charge in [-0.2, -0.15) is 0 Å². The highest BCUT2D eigenvalue weighted by Gasteiger charge is 2.29. The van der Waals surface area contributed by atoms with Crippen LogP contribution in [-0.4, -0.2) is 28.0 Å². The van der Waals surface area contributed by atoms with Crippen molar-refractivity contribution in [1.29, 1.82) is 0 Å². The molecule has 6 nitrogen and oxygen atoms in total. The number of nitrogens with one attached hydrogen (secondary N) is 1. The van der Waals surface area contributed by atoms with Crippen LogP contribution in [0, 0.1) is 5.82 Å². The van der Waals surface area contributed by atoms with Gasteiger partial charge in [0.25, 0.3) is 15.9 Å². The fourth-order valence-electron chi connectivity index (χ4n) is 3.66. The number of hydrogen-bond acceptors (Lipinski definition) is 4. The van der Waals surface area contributed by atoms with Gasteiger partial charge in [-0.1, -0.05) is 30.3 Å². The predicted molar refractivity (Wildman–Crippen MR) is 117 cm³/mol. The molecule has 1 N–H and O–H groups in total. The monoisotopic (exact) mass is 440 g/mol. The van der Waals surface area contributed by atoms with Crippen LogP contribution in [0.5, 0.6) is 5.75 Å². The number of aryl methyl sites for hydroxylation is 1. The van der Waals surface area contributed by atoms with Gasteiger partial charge in [-0.05, 0) is 54.8 Å². The van der Waals surface area contributed by atoms with E-state index in [2.05, 4.69) is 5.32 Å². The van der Waals surface area contributed by atoms with E-state index in [0.29, 0.717) is 18.7 Å². The number of fused-ring (bicyclic) bond motifs is 1. The van der Waals surface area contributed by atoms with E-state index in [1.807, 2.05) is 12.1 Å². The Morgan fingerprint density at radius 3 is 2.58 bits per heavy atom. The van der Waals surface area contributed by atoms with Gasteiger partial charge in [0.05, 0.1) is 28.9 Å². The number of anilines is 2. The van der Waals surface area contributed by atoms with E-state index in [1.165, 1.54) is 47.8 Å². The fourth-order valence-corrected chi connectivity index (χ4v) is 5.22. The van der Waals surface area contributed by atoms with E-state index in [-0.39, 0.29) is 21.9 Å². The first kappa shape index (κ1) is 20.9. The molecule has 0 atom stereocenters. The Bertz CT molecular complexity index is 1240. The van der Waals surface area contributed by atoms with E-state index < -0.39 is 21.7 Å². The summed E-state index contributed by atoms with van der Waals surface area (Å²) in [7, 11) is -2.47. The van der Waals surface area contributed by atoms with Crippen LogP contribution in [0.25, 0.3) is 0 Å². The van der Waals surface area contributed by atoms with E-state index in [0.717, 1.165) is 12.0 Å². The lowest BCUT2D eigenvalue weighted by Crippen LogP contribution is -2.35. The van der Waals surface area contributed by atoms with Crippen molar-refractivity contribution in [3.8, 4) is 5.75 Å². The van der Waals surface area contributed by atoms with Gasteiger partial charge in [0.2, 0.25) is 0 Å². The van der Waals surface area contributed by atoms with Crippen LogP contribution >= 0.6 is 0 Å². The van der Waals surface area contributed by atoms with Gasteiger partial charge in [0.1, 0.15) is 11.6 Å². The van der Waals surface area contributed by atoms with Crippen LogP contribution in [0.15, 0.2) is 71.6 Å². The molecule has 160 valence electrons. The van der Waals surface area contributed by atoms with Gasteiger partial charge >= 0.3 is 0 Å². The Morgan fingerprint density at radius 2 is 1.81 bits per heavy atom. The molecule has 0 spiro atoms. The van der Waals surface area contributed by atoms with E-state index >= 15 is 0 Å². The molecular formula is C23H21FN2O4S. The first-order chi connectivity index (χ1) is 14.9. The summed E-state index contributed by atoms with van der Waals surface area (Å²) >= 11 is 0. The second kappa shape index (κ2) is 8.39. The highest BCUT2D eigenvalue weighted by molar-refractivity contribution is 7.92. The summed E-state index contributed by atoms with van der Waals surface area (Å²) in [5.41, 5.74) is 1.62. The second-order valence-electron chi connectivity index (χ2n) is 7.11. The van der Waals surface area contributed by atoms with Crippen molar-refractivity contribution < 1.29 is 22.3 Å². The molecule has 0 bridgehead atoms. The Morgan fingerprint density at radius 1 is 1.06 bits per heavy atom. The molecule has 1 heterocycles. The van der Waals surface area contributed by atoms with Crippen molar-refractivity contribution in [3.05, 3.63) is 83.7 Å². The van der Waals surface area contributed by atoms with E-state index in [4.69, 9.17) is 4.74 Å². The zero-order valence-corrected chi connectivity index (χ0v) is 17.7. The summed E-state index contributed by atoms with van der Waals surface area (Å²) in [6.07, 6.45) is 1.53. The zero-order chi connectivity index (χ0) is 22.0. The van der Waals surface area contributed by atoms with Crippen LogP contribution in [0.1, 0.15) is 22.3 Å². The Labute approximate surface area is 180 Å². The maximum absolute atomic E-state index is 14.0. The first-order valence-corrected chi connectivity index (χ1v) is 11.2. The molecule has 4 rings (SSSR count). The molecule has 1 aliphatic heterocycles. The van der Waals surface area contributed by atoms with Gasteiger partial charge in [-0.3, -0.25) is 9.10 Å². The van der Waals surface area contributed by atoms with Crippen molar-refractivity contribution in [2.45, 2.75) is 17.7 Å². The molecule has 0 saturated carbocycles. The van der Waals surface area contributed by atoms with Crippen molar-refractivity contribution in [3.63, 3.8) is 0 Å². The largest absolute Gasteiger partial charge is 0.495 e. The van der Waals surface area contributed by atoms with E-state index in [9.17, 15) is 17.6 Å². The Hall–Kier alpha value is -3.39. The molecule has 3 aromatic carbocycles. The molecule has 0 aromatic heterocycles. The predicted octanol–water partition coefficient (Wildman–Crippen LogP) is 4.23. The molecule has 0 unspecified atom stereocenters. The van der Waals surface area contributed by atoms with Crippen molar-refractivity contribution in [2.24, 2.45) is 0 Å². The highest BCUT2D eigenvalue weighted by Crippen LogP contribution is 2.34. The summed E-state index contributed by atoms with van der Waals surface area (Å²) in [6, 6.07) is 17.2. The third kappa shape index (κ3) is 3.98. The number of para-hydroxylation sites is 1. The lowest BCUT2D eigenvalue weighted by Gasteiger charge is -2.30. The number of methoxy groups -OCH3 is 1. The molecule has 1 aliphatic rings. The Balaban J connectivity index is 1.71. The number of hydrogen-bond donors (Lipinski definition) is 1. The number of benzene rings is 3. The summed E-state index contributed by atoms with van der Waals surface area (Å²) in [6.45, 7) is 0.363. The maximum Gasteiger partial charge on any atom is 0.264 e. The fraction of sp³-hybridized carbons (Fsp3) is 0.174. The van der Waals surface area contributed by atoms with Gasteiger partial charge in [-0.15, -0.1) is 0 Å². The summed E-state index contributed by atoms with van der Waals surface area (Å²) in [5.74, 6) is -1.11. The minimum atomic E-state index is -3.88. The minimum absolute atomic E-state index is 0.00818. The number of amides is 1.